The molecule has 1 aromatic carbocycles. The van der Waals surface area contributed by atoms with E-state index in [1.807, 2.05) is 31.4 Å². The minimum Gasteiger partial charge on any atom is -0.300 e. The first-order valence-electron chi connectivity index (χ1n) is 9.76. The highest BCUT2D eigenvalue weighted by atomic mass is 32.2. The van der Waals surface area contributed by atoms with Gasteiger partial charge in [0.25, 0.3) is 15.9 Å². The molecule has 1 amide bonds. The second kappa shape index (κ2) is 8.56. The predicted octanol–water partition coefficient (Wildman–Crippen LogP) is 3.30. The Labute approximate surface area is 184 Å². The van der Waals surface area contributed by atoms with Gasteiger partial charge in [0.1, 0.15) is 11.9 Å². The summed E-state index contributed by atoms with van der Waals surface area (Å²) in [5.41, 5.74) is 2.05. The third kappa shape index (κ3) is 4.35. The van der Waals surface area contributed by atoms with Crippen LogP contribution in [0.25, 0.3) is 11.3 Å². The van der Waals surface area contributed by atoms with Crippen LogP contribution in [0.2, 0.25) is 0 Å². The first-order valence-corrected chi connectivity index (χ1v) is 12.1. The molecule has 3 aromatic rings. The van der Waals surface area contributed by atoms with Crippen LogP contribution in [0.3, 0.4) is 0 Å². The van der Waals surface area contributed by atoms with Gasteiger partial charge in [0.05, 0.1) is 10.6 Å². The molecule has 1 aliphatic heterocycles. The molecule has 0 fully saturated rings. The molecular formula is C21H21N5O3S2. The van der Waals surface area contributed by atoms with Crippen molar-refractivity contribution in [2.75, 3.05) is 5.32 Å². The van der Waals surface area contributed by atoms with Gasteiger partial charge in [0, 0.05) is 28.9 Å². The number of rotatable bonds is 6. The molecule has 160 valence electrons. The number of carbonyl (C=O) groups excluding carboxylic acids is 1. The first-order chi connectivity index (χ1) is 14.9. The van der Waals surface area contributed by atoms with Gasteiger partial charge in [0.15, 0.2) is 5.13 Å². The van der Waals surface area contributed by atoms with Crippen molar-refractivity contribution in [3.8, 4) is 11.3 Å². The minimum atomic E-state index is -3.67. The van der Waals surface area contributed by atoms with E-state index in [0.717, 1.165) is 11.3 Å². The Kier molecular flexibility index (Phi) is 5.84. The van der Waals surface area contributed by atoms with Crippen molar-refractivity contribution in [2.24, 2.45) is 10.9 Å². The molecule has 31 heavy (non-hydrogen) atoms. The lowest BCUT2D eigenvalue weighted by molar-refractivity contribution is -0.118. The van der Waals surface area contributed by atoms with E-state index in [9.17, 15) is 13.2 Å². The van der Waals surface area contributed by atoms with Crippen LogP contribution in [0.1, 0.15) is 25.8 Å². The van der Waals surface area contributed by atoms with Gasteiger partial charge in [0.2, 0.25) is 0 Å². The first kappa shape index (κ1) is 21.1. The topological polar surface area (TPSA) is 113 Å². The fourth-order valence-electron chi connectivity index (χ4n) is 3.19. The molecule has 0 aliphatic carbocycles. The summed E-state index contributed by atoms with van der Waals surface area (Å²) in [6, 6.07) is 9.53. The summed E-state index contributed by atoms with van der Waals surface area (Å²) < 4.78 is 27.2. The Balaban J connectivity index is 1.60. The molecule has 0 saturated carbocycles. The maximum absolute atomic E-state index is 13.1. The van der Waals surface area contributed by atoms with Gasteiger partial charge in [-0.05, 0) is 30.2 Å². The predicted molar refractivity (Wildman–Crippen MR) is 121 cm³/mol. The van der Waals surface area contributed by atoms with E-state index in [4.69, 9.17) is 0 Å². The second-order valence-corrected chi connectivity index (χ2v) is 9.69. The number of benzene rings is 1. The molecular weight excluding hydrogens is 434 g/mol. The molecule has 10 heteroatoms. The highest BCUT2D eigenvalue weighted by Gasteiger charge is 2.33. The summed E-state index contributed by atoms with van der Waals surface area (Å²) in [6.07, 6.45) is 4.09. The van der Waals surface area contributed by atoms with Crippen molar-refractivity contribution in [1.29, 1.82) is 0 Å². The molecule has 8 nitrogen and oxygen atoms in total. The molecule has 0 saturated heterocycles. The highest BCUT2D eigenvalue weighted by Crippen LogP contribution is 2.26. The van der Waals surface area contributed by atoms with Crippen LogP contribution in [0, 0.1) is 5.92 Å². The molecule has 0 bridgehead atoms. The quantitative estimate of drug-likeness (QED) is 0.592. The number of fused-ring (bicyclic) bond motifs is 1. The summed E-state index contributed by atoms with van der Waals surface area (Å²) >= 11 is 1.31. The molecule has 4 rings (SSSR count). The van der Waals surface area contributed by atoms with Crippen LogP contribution in [0.5, 0.6) is 0 Å². The number of hydrogen-bond donors (Lipinski definition) is 2. The van der Waals surface area contributed by atoms with Gasteiger partial charge in [-0.3, -0.25) is 19.5 Å². The van der Waals surface area contributed by atoms with Gasteiger partial charge < -0.3 is 5.32 Å². The second-order valence-electron chi connectivity index (χ2n) is 7.18. The van der Waals surface area contributed by atoms with Crippen molar-refractivity contribution >= 4 is 38.2 Å². The van der Waals surface area contributed by atoms with E-state index >= 15 is 0 Å². The molecule has 0 unspecified atom stereocenters. The van der Waals surface area contributed by atoms with Crippen molar-refractivity contribution in [2.45, 2.75) is 31.2 Å². The van der Waals surface area contributed by atoms with E-state index in [2.05, 4.69) is 25.0 Å². The van der Waals surface area contributed by atoms with E-state index in [1.165, 1.54) is 17.4 Å². The van der Waals surface area contributed by atoms with Gasteiger partial charge >= 0.3 is 0 Å². The summed E-state index contributed by atoms with van der Waals surface area (Å²) in [5.74, 6) is -0.258. The Bertz CT molecular complexity index is 1240. The molecule has 0 spiro atoms. The number of nitrogens with one attached hydrogen (secondary N) is 2. The van der Waals surface area contributed by atoms with E-state index in [0.29, 0.717) is 17.1 Å². The van der Waals surface area contributed by atoms with Crippen molar-refractivity contribution in [1.82, 2.24) is 14.7 Å². The van der Waals surface area contributed by atoms with Crippen LogP contribution in [0.4, 0.5) is 5.13 Å². The summed E-state index contributed by atoms with van der Waals surface area (Å²) in [5, 5.41) is 5.12. The van der Waals surface area contributed by atoms with Gasteiger partial charge in [-0.1, -0.05) is 32.4 Å². The average molecular weight is 456 g/mol. The number of thiazole rings is 1. The Morgan fingerprint density at radius 3 is 2.81 bits per heavy atom. The number of aromatic nitrogens is 2. The third-order valence-electron chi connectivity index (χ3n) is 5.07. The zero-order valence-corrected chi connectivity index (χ0v) is 18.6. The summed E-state index contributed by atoms with van der Waals surface area (Å²) in [7, 11) is -3.67. The number of aliphatic imine (C=N–C) groups is 1. The van der Waals surface area contributed by atoms with Crippen molar-refractivity contribution < 1.29 is 13.2 Å². The Hall–Kier alpha value is -3.11. The number of amidine groups is 1. The lowest BCUT2D eigenvalue weighted by Crippen LogP contribution is -2.34. The van der Waals surface area contributed by atoms with E-state index in [-0.39, 0.29) is 22.6 Å². The van der Waals surface area contributed by atoms with Crippen LogP contribution < -0.4 is 10.0 Å². The number of amides is 1. The molecule has 2 N–H and O–H groups in total. The van der Waals surface area contributed by atoms with E-state index < -0.39 is 16.1 Å². The highest BCUT2D eigenvalue weighted by molar-refractivity contribution is 7.90. The van der Waals surface area contributed by atoms with Crippen molar-refractivity contribution in [3.63, 3.8) is 0 Å². The molecule has 2 aromatic heterocycles. The molecule has 3 heterocycles. The van der Waals surface area contributed by atoms with Crippen LogP contribution in [0.15, 0.2) is 64.1 Å². The number of nitrogens with zero attached hydrogens (tertiary/aromatic N) is 3. The zero-order chi connectivity index (χ0) is 22.0. The Morgan fingerprint density at radius 2 is 2.06 bits per heavy atom. The fourth-order valence-corrected chi connectivity index (χ4v) is 5.16. The molecule has 2 atom stereocenters. The number of pyridine rings is 1. The lowest BCUT2D eigenvalue weighted by atomic mass is 9.99. The molecule has 0 radical (unpaired) electrons. The Morgan fingerprint density at radius 1 is 1.26 bits per heavy atom. The summed E-state index contributed by atoms with van der Waals surface area (Å²) in [4.78, 5) is 26.3. The average Bonchev–Trinajstić information content (AvgIpc) is 3.34. The third-order valence-corrected chi connectivity index (χ3v) is 7.23. The SMILES string of the molecule is CC[C@H](C)[C@H](N=C1NS(=O)(=O)c2ccccc21)C(=O)Nc1nc(-c2cccnc2)cs1. The number of anilines is 1. The maximum Gasteiger partial charge on any atom is 0.263 e. The van der Waals surface area contributed by atoms with Gasteiger partial charge in [-0.2, -0.15) is 0 Å². The normalized spacial score (nSPS) is 17.5. The standard InChI is InChI=1S/C21H21N5O3S2/c1-3-13(2)18(24-19-15-8-4-5-9-17(15)31(28,29)26-19)20(27)25-21-23-16(12-30-21)14-7-6-10-22-11-14/h4-13,18H,3H2,1-2H3,(H,24,26)(H,23,25,27)/t13-,18-/m0/s1. The smallest absolute Gasteiger partial charge is 0.263 e. The number of sulfonamides is 1. The van der Waals surface area contributed by atoms with Crippen molar-refractivity contribution in [3.05, 3.63) is 59.7 Å². The number of hydrogen-bond acceptors (Lipinski definition) is 7. The zero-order valence-electron chi connectivity index (χ0n) is 16.9. The van der Waals surface area contributed by atoms with Crippen LogP contribution in [-0.2, 0) is 14.8 Å². The number of carbonyl (C=O) groups is 1. The van der Waals surface area contributed by atoms with Crippen LogP contribution >= 0.6 is 11.3 Å². The van der Waals surface area contributed by atoms with E-state index in [1.54, 1.807) is 30.6 Å². The minimum absolute atomic E-state index is 0.109. The summed E-state index contributed by atoms with van der Waals surface area (Å²) in [6.45, 7) is 3.87. The largest absolute Gasteiger partial charge is 0.300 e. The lowest BCUT2D eigenvalue weighted by Gasteiger charge is -2.18. The monoisotopic (exact) mass is 455 g/mol. The molecule has 1 aliphatic rings. The maximum atomic E-state index is 13.1. The van der Waals surface area contributed by atoms with Gasteiger partial charge in [-0.25, -0.2) is 13.4 Å². The van der Waals surface area contributed by atoms with Gasteiger partial charge in [-0.15, -0.1) is 11.3 Å². The van der Waals surface area contributed by atoms with Crippen LogP contribution in [-0.4, -0.2) is 36.2 Å². The fraction of sp³-hybridized carbons (Fsp3) is 0.238.